The molecule has 6 atom stereocenters. The van der Waals surface area contributed by atoms with Gasteiger partial charge < -0.3 is 71.6 Å². The van der Waals surface area contributed by atoms with Gasteiger partial charge in [-0.25, -0.2) is 0 Å². The van der Waals surface area contributed by atoms with E-state index in [9.17, 15) is 10.2 Å². The third-order valence-corrected chi connectivity index (χ3v) is 24.1. The van der Waals surface area contributed by atoms with E-state index in [4.69, 9.17) is 73.5 Å². The normalized spacial score (nSPS) is 16.8. The molecular weight excluding hydrogens is 1250 g/mol. The zero-order valence-corrected chi connectivity index (χ0v) is 57.8. The fourth-order valence-corrected chi connectivity index (χ4v) is 19.0. The number of aliphatic hydroxyl groups is 2. The van der Waals surface area contributed by atoms with E-state index in [1.54, 1.807) is 6.92 Å². The predicted molar refractivity (Wildman–Crippen MR) is 356 cm³/mol. The molecule has 0 spiro atoms. The number of halogens is 3. The molecule has 87 heavy (non-hydrogen) atoms. The molecule has 6 aromatic rings. The molecular formula is C69H85BrCl2MgN2O10Si2. The maximum Gasteiger partial charge on any atom is 2.00 e. The Morgan fingerprint density at radius 3 is 1.26 bits per heavy atom. The number of benzene rings is 6. The van der Waals surface area contributed by atoms with Crippen LogP contribution in [0.1, 0.15) is 72.4 Å². The number of terminal acetylenes is 2. The first-order chi connectivity index (χ1) is 41.1. The first-order valence-corrected chi connectivity index (χ1v) is 33.5. The Hall–Kier alpha value is -4.68. The van der Waals surface area contributed by atoms with Gasteiger partial charge in [0, 0.05) is 12.8 Å². The first kappa shape index (κ1) is 76.6. The third kappa shape index (κ3) is 23.6. The average molecular weight is 1330 g/mol. The summed E-state index contributed by atoms with van der Waals surface area (Å²) >= 11 is 9.53. The first-order valence-electron chi connectivity index (χ1n) is 28.6. The molecule has 0 aromatic heterocycles. The molecule has 0 saturated carbocycles. The van der Waals surface area contributed by atoms with Gasteiger partial charge in [0.05, 0.1) is 58.2 Å². The van der Waals surface area contributed by atoms with Crippen molar-refractivity contribution in [2.24, 2.45) is 10.3 Å². The van der Waals surface area contributed by atoms with Crippen molar-refractivity contribution in [2.75, 3.05) is 45.0 Å². The van der Waals surface area contributed by atoms with Crippen molar-refractivity contribution in [1.82, 2.24) is 0 Å². The minimum Gasteiger partial charge on any atom is -1.00 e. The van der Waals surface area contributed by atoms with Gasteiger partial charge in [0.1, 0.15) is 35.8 Å². The van der Waals surface area contributed by atoms with E-state index in [0.29, 0.717) is 43.6 Å². The number of ether oxygens (including phenoxy) is 4. The SMILES string of the molecule is C#CC1=NO[C@H]([C@@H](CO[Si](c2ccccc2)(c2ccccc2)C(C)(C)C)OC[C@H](O)COCc2ccccc2)C1.C#CC1=NO[C@H]([C@H](O)CO[Si](c2ccccc2)(c2ccccc2)C(C)(C)C)C1.ClCCl.[Br-].[CH2-]C.[Mg+2].c1ccc(COC[C@@H]2CO2)cc1. The summed E-state index contributed by atoms with van der Waals surface area (Å²) in [5, 5.41) is 33.8. The Balaban J connectivity index is 0.000000363. The Morgan fingerprint density at radius 2 is 0.908 bits per heavy atom. The summed E-state index contributed by atoms with van der Waals surface area (Å²) in [6.07, 6.45) is 9.22. The smallest absolute Gasteiger partial charge is 1.00 e. The molecule has 1 saturated heterocycles. The van der Waals surface area contributed by atoms with E-state index in [2.05, 4.69) is 156 Å². The molecule has 0 aliphatic carbocycles. The summed E-state index contributed by atoms with van der Waals surface area (Å²) < 4.78 is 36.2. The molecule has 462 valence electrons. The zero-order valence-electron chi connectivity index (χ0n) is 51.3. The van der Waals surface area contributed by atoms with Gasteiger partial charge in [-0.1, -0.05) is 246 Å². The molecule has 2 N–H and O–H groups in total. The predicted octanol–water partition coefficient (Wildman–Crippen LogP) is 7.49. The van der Waals surface area contributed by atoms with Crippen LogP contribution < -0.4 is 37.7 Å². The molecule has 0 bridgehead atoms. The van der Waals surface area contributed by atoms with Gasteiger partial charge in [0.15, 0.2) is 12.2 Å². The van der Waals surface area contributed by atoms with Crippen LogP contribution in [0, 0.1) is 31.6 Å². The van der Waals surface area contributed by atoms with Crippen LogP contribution >= 0.6 is 23.2 Å². The third-order valence-electron chi connectivity index (χ3n) is 14.1. The minimum absolute atomic E-state index is 0. The number of nitrogens with zero attached hydrogens (tertiary/aromatic N) is 2. The molecule has 0 radical (unpaired) electrons. The Bertz CT molecular complexity index is 2880. The van der Waals surface area contributed by atoms with Crippen molar-refractivity contribution in [2.45, 2.75) is 121 Å². The van der Waals surface area contributed by atoms with Crippen LogP contribution in [0.15, 0.2) is 192 Å². The molecule has 0 amide bonds. The fourth-order valence-electron chi connectivity index (χ4n) is 9.90. The van der Waals surface area contributed by atoms with E-state index >= 15 is 0 Å². The quantitative estimate of drug-likeness (QED) is 0.0218. The molecule has 3 aliphatic heterocycles. The Morgan fingerprint density at radius 1 is 0.563 bits per heavy atom. The van der Waals surface area contributed by atoms with Gasteiger partial charge in [0.2, 0.25) is 0 Å². The zero-order chi connectivity index (χ0) is 61.6. The van der Waals surface area contributed by atoms with Crippen molar-refractivity contribution < 1.29 is 64.7 Å². The number of epoxide rings is 1. The minimum atomic E-state index is -2.80. The topological polar surface area (TPSA) is 142 Å². The number of hydrogen-bond acceptors (Lipinski definition) is 12. The summed E-state index contributed by atoms with van der Waals surface area (Å²) in [5.41, 5.74) is 3.33. The van der Waals surface area contributed by atoms with Crippen molar-refractivity contribution in [1.29, 1.82) is 0 Å². The van der Waals surface area contributed by atoms with Crippen molar-refractivity contribution in [3.05, 3.63) is 200 Å². The molecule has 3 heterocycles. The standard InChI is InChI=1S/C33H39NO5Si.C23H27NO3Si.C10H12O2.C2H5.CH2Cl2.BrH.Mg/c1-5-27-21-31(39-34-27)32(37-24-28(35)23-36-22-26-15-9-6-10-16-26)25-38-40(33(2,3)4,29-17-11-7-12-18-29)30-19-13-8-14-20-30;1-5-18-16-22(27-24-18)21(25)17-26-28(23(2,3)4,19-12-8-6-9-13-19)20-14-10-7-11-15-20;1-2-4-9(5-3-1)6-11-7-10-8-12-10;1-2;2-1-3;;/h1,6-20,28,31-32,35H,21-25H2,2-4H3;1,6-15,21-22,25H,16-17H2,2-4H3;1-5,10H,6-8H2;1H2,2H3;1H2;1H;/q;;;-1;;;+2/p-1/t28-,31+,32-;21-,22+;10-;;;;/m111..../s1. The van der Waals surface area contributed by atoms with Gasteiger partial charge in [-0.15, -0.1) is 36.0 Å². The summed E-state index contributed by atoms with van der Waals surface area (Å²) in [6.45, 7) is 21.6. The second-order valence-electron chi connectivity index (χ2n) is 22.2. The van der Waals surface area contributed by atoms with Crippen LogP contribution in [0.3, 0.4) is 0 Å². The van der Waals surface area contributed by atoms with E-state index in [1.807, 2.05) is 97.1 Å². The van der Waals surface area contributed by atoms with Crippen LogP contribution in [0.5, 0.6) is 0 Å². The largest absolute Gasteiger partial charge is 2.00 e. The van der Waals surface area contributed by atoms with Gasteiger partial charge in [-0.3, -0.25) is 0 Å². The summed E-state index contributed by atoms with van der Waals surface area (Å²) in [4.78, 5) is 11.0. The fraction of sp³-hybridized carbons (Fsp3) is 0.377. The number of hydrogen-bond donors (Lipinski definition) is 2. The maximum absolute atomic E-state index is 10.7. The summed E-state index contributed by atoms with van der Waals surface area (Å²) in [5.74, 6) is 5.05. The monoisotopic (exact) mass is 1330 g/mol. The van der Waals surface area contributed by atoms with E-state index in [-0.39, 0.29) is 81.9 Å². The second kappa shape index (κ2) is 40.1. The number of oxime groups is 2. The van der Waals surface area contributed by atoms with E-state index < -0.39 is 47.2 Å². The van der Waals surface area contributed by atoms with Crippen LogP contribution in [0.4, 0.5) is 0 Å². The van der Waals surface area contributed by atoms with Crippen molar-refractivity contribution in [3.63, 3.8) is 0 Å². The van der Waals surface area contributed by atoms with Crippen molar-refractivity contribution >= 4 is 95.1 Å². The molecule has 0 unspecified atom stereocenters. The van der Waals surface area contributed by atoms with Gasteiger partial charge in [-0.2, -0.15) is 6.92 Å². The van der Waals surface area contributed by atoms with Crippen LogP contribution in [0.25, 0.3) is 0 Å². The number of rotatable bonds is 23. The molecule has 6 aromatic carbocycles. The molecule has 9 rings (SSSR count). The summed E-state index contributed by atoms with van der Waals surface area (Å²) in [6, 6.07) is 61.6. The van der Waals surface area contributed by atoms with Crippen LogP contribution in [0.2, 0.25) is 10.1 Å². The second-order valence-corrected chi connectivity index (χ2v) is 31.6. The summed E-state index contributed by atoms with van der Waals surface area (Å²) in [7, 11) is -5.49. The Labute approximate surface area is 556 Å². The van der Waals surface area contributed by atoms with Gasteiger partial charge in [0.25, 0.3) is 16.6 Å². The molecule has 3 aliphatic rings. The number of alkyl halides is 2. The molecule has 18 heteroatoms. The van der Waals surface area contributed by atoms with E-state index in [1.165, 1.54) is 26.3 Å². The van der Waals surface area contributed by atoms with Crippen LogP contribution in [-0.4, -0.2) is 143 Å². The molecule has 12 nitrogen and oxygen atoms in total. The molecule has 1 fully saturated rings. The average Bonchev–Trinajstić information content (AvgIpc) is 1.35. The van der Waals surface area contributed by atoms with Crippen LogP contribution in [-0.2, 0) is 50.7 Å². The van der Waals surface area contributed by atoms with Gasteiger partial charge >= 0.3 is 23.1 Å². The maximum atomic E-state index is 10.7. The van der Waals surface area contributed by atoms with Gasteiger partial charge in [-0.05, 0) is 42.0 Å². The van der Waals surface area contributed by atoms with E-state index in [0.717, 1.165) is 18.8 Å². The Kier molecular flexibility index (Phi) is 35.3. The van der Waals surface area contributed by atoms with Crippen molar-refractivity contribution in [3.8, 4) is 24.7 Å². The number of aliphatic hydroxyl groups excluding tert-OH is 2.